The van der Waals surface area contributed by atoms with Crippen LogP contribution in [-0.2, 0) is 14.3 Å². The SMILES string of the molecule is CCCCOC(=O)c1cccc(NC(=O)c2ccc(NC3=C(Cl)C(=O)N(c4ccccc4Cl)C3=O)cc2)c1. The number of benzene rings is 3. The number of hydrogen-bond donors (Lipinski definition) is 2. The molecule has 1 aliphatic heterocycles. The Kier molecular flexibility index (Phi) is 8.45. The lowest BCUT2D eigenvalue weighted by atomic mass is 10.1. The highest BCUT2D eigenvalue weighted by atomic mass is 35.5. The average molecular weight is 552 g/mol. The highest BCUT2D eigenvalue weighted by molar-refractivity contribution is 6.53. The Morgan fingerprint density at radius 1 is 0.868 bits per heavy atom. The maximum atomic E-state index is 13.0. The van der Waals surface area contributed by atoms with E-state index in [-0.39, 0.29) is 21.4 Å². The molecule has 0 saturated heterocycles. The van der Waals surface area contributed by atoms with Crippen molar-refractivity contribution in [2.45, 2.75) is 19.8 Å². The van der Waals surface area contributed by atoms with Gasteiger partial charge < -0.3 is 15.4 Å². The molecule has 0 fully saturated rings. The lowest BCUT2D eigenvalue weighted by Crippen LogP contribution is -2.32. The molecule has 0 saturated carbocycles. The fourth-order valence-corrected chi connectivity index (χ4v) is 4.07. The van der Waals surface area contributed by atoms with E-state index in [2.05, 4.69) is 10.6 Å². The number of hydrogen-bond acceptors (Lipinski definition) is 6. The molecule has 0 bridgehead atoms. The summed E-state index contributed by atoms with van der Waals surface area (Å²) in [4.78, 5) is 51.4. The van der Waals surface area contributed by atoms with Crippen molar-refractivity contribution in [1.29, 1.82) is 0 Å². The number of para-hydroxylation sites is 1. The number of imide groups is 1. The summed E-state index contributed by atoms with van der Waals surface area (Å²) in [6.45, 7) is 2.34. The van der Waals surface area contributed by atoms with Gasteiger partial charge in [0.1, 0.15) is 10.7 Å². The van der Waals surface area contributed by atoms with Gasteiger partial charge >= 0.3 is 5.97 Å². The first kappa shape index (κ1) is 26.9. The fraction of sp³-hybridized carbons (Fsp3) is 0.143. The van der Waals surface area contributed by atoms with E-state index in [1.54, 1.807) is 72.8 Å². The maximum absolute atomic E-state index is 13.0. The second kappa shape index (κ2) is 11.9. The number of carbonyl (C=O) groups excluding carboxylic acids is 4. The molecule has 0 spiro atoms. The zero-order valence-corrected chi connectivity index (χ0v) is 21.8. The van der Waals surface area contributed by atoms with Crippen LogP contribution >= 0.6 is 23.2 Å². The number of ether oxygens (including phenoxy) is 1. The summed E-state index contributed by atoms with van der Waals surface area (Å²) in [6.07, 6.45) is 1.69. The average Bonchev–Trinajstić information content (AvgIpc) is 3.12. The molecule has 3 aromatic rings. The Labute approximate surface area is 229 Å². The summed E-state index contributed by atoms with van der Waals surface area (Å²) in [5.74, 6) is -2.20. The summed E-state index contributed by atoms with van der Waals surface area (Å²) in [5.41, 5.74) is 1.67. The van der Waals surface area contributed by atoms with E-state index in [9.17, 15) is 19.2 Å². The molecule has 1 aliphatic rings. The van der Waals surface area contributed by atoms with Gasteiger partial charge in [-0.25, -0.2) is 9.69 Å². The molecule has 194 valence electrons. The molecule has 10 heteroatoms. The zero-order chi connectivity index (χ0) is 27.2. The standard InChI is InChI=1S/C28H23Cl2N3O5/c1-2-3-15-38-28(37)18-7-6-8-20(16-18)32-25(34)17-11-13-19(14-12-17)31-24-23(30)26(35)33(27(24)36)22-10-5-4-9-21(22)29/h4-14,16,31H,2-3,15H2,1H3,(H,32,34). The molecule has 3 aromatic carbocycles. The molecule has 0 aromatic heterocycles. The van der Waals surface area contributed by atoms with Gasteiger partial charge in [0.2, 0.25) is 0 Å². The Balaban J connectivity index is 1.42. The van der Waals surface area contributed by atoms with Gasteiger partial charge in [0.15, 0.2) is 0 Å². The highest BCUT2D eigenvalue weighted by Gasteiger charge is 2.39. The number of nitrogens with zero attached hydrogens (tertiary/aromatic N) is 1. The summed E-state index contributed by atoms with van der Waals surface area (Å²) in [7, 11) is 0. The van der Waals surface area contributed by atoms with E-state index in [1.165, 1.54) is 0 Å². The predicted molar refractivity (Wildman–Crippen MR) is 146 cm³/mol. The first-order valence-electron chi connectivity index (χ1n) is 11.8. The largest absolute Gasteiger partial charge is 0.462 e. The normalized spacial score (nSPS) is 13.1. The molecule has 3 amide bonds. The molecular weight excluding hydrogens is 529 g/mol. The second-order valence-corrected chi connectivity index (χ2v) is 9.10. The summed E-state index contributed by atoms with van der Waals surface area (Å²) in [6, 6.07) is 19.2. The Morgan fingerprint density at radius 3 is 2.32 bits per heavy atom. The highest BCUT2D eigenvalue weighted by Crippen LogP contribution is 2.34. The molecule has 0 atom stereocenters. The van der Waals surface area contributed by atoms with Crippen LogP contribution in [0, 0.1) is 0 Å². The van der Waals surface area contributed by atoms with Gasteiger partial charge in [-0.3, -0.25) is 14.4 Å². The van der Waals surface area contributed by atoms with Crippen molar-refractivity contribution < 1.29 is 23.9 Å². The van der Waals surface area contributed by atoms with Gasteiger partial charge in [-0.2, -0.15) is 0 Å². The van der Waals surface area contributed by atoms with Crippen molar-refractivity contribution in [3.05, 3.63) is 99.7 Å². The molecule has 4 rings (SSSR count). The molecular formula is C28H23Cl2N3O5. The summed E-state index contributed by atoms with van der Waals surface area (Å²) < 4.78 is 5.21. The predicted octanol–water partition coefficient (Wildman–Crippen LogP) is 5.98. The molecule has 2 N–H and O–H groups in total. The van der Waals surface area contributed by atoms with Crippen LogP contribution in [0.4, 0.5) is 17.1 Å². The van der Waals surface area contributed by atoms with Crippen molar-refractivity contribution in [2.75, 3.05) is 22.1 Å². The van der Waals surface area contributed by atoms with Crippen LogP contribution in [0.2, 0.25) is 5.02 Å². The minimum Gasteiger partial charge on any atom is -0.462 e. The smallest absolute Gasteiger partial charge is 0.338 e. The van der Waals surface area contributed by atoms with Crippen molar-refractivity contribution in [2.24, 2.45) is 0 Å². The van der Waals surface area contributed by atoms with Gasteiger partial charge in [0, 0.05) is 16.9 Å². The summed E-state index contributed by atoms with van der Waals surface area (Å²) in [5, 5.41) is 5.56. The third kappa shape index (κ3) is 5.88. The maximum Gasteiger partial charge on any atom is 0.338 e. The van der Waals surface area contributed by atoms with Crippen molar-refractivity contribution in [3.8, 4) is 0 Å². The topological polar surface area (TPSA) is 105 Å². The van der Waals surface area contributed by atoms with E-state index in [4.69, 9.17) is 27.9 Å². The van der Waals surface area contributed by atoms with E-state index in [0.29, 0.717) is 29.1 Å². The number of halogens is 2. The van der Waals surface area contributed by atoms with Crippen molar-refractivity contribution in [1.82, 2.24) is 0 Å². The molecule has 0 radical (unpaired) electrons. The van der Waals surface area contributed by atoms with Crippen LogP contribution in [0.5, 0.6) is 0 Å². The van der Waals surface area contributed by atoms with E-state index in [1.807, 2.05) is 6.92 Å². The number of anilines is 3. The van der Waals surface area contributed by atoms with E-state index in [0.717, 1.165) is 17.7 Å². The Bertz CT molecular complexity index is 1440. The van der Waals surface area contributed by atoms with Gasteiger partial charge in [0.25, 0.3) is 17.7 Å². The Hall–Kier alpha value is -4.14. The molecule has 0 unspecified atom stereocenters. The second-order valence-electron chi connectivity index (χ2n) is 8.31. The fourth-order valence-electron chi connectivity index (χ4n) is 3.63. The van der Waals surface area contributed by atoms with Gasteiger partial charge in [-0.05, 0) is 61.0 Å². The van der Waals surface area contributed by atoms with Crippen molar-refractivity contribution >= 4 is 64.0 Å². The van der Waals surface area contributed by atoms with Gasteiger partial charge in [0.05, 0.1) is 22.9 Å². The number of nitrogens with one attached hydrogen (secondary N) is 2. The molecule has 0 aliphatic carbocycles. The van der Waals surface area contributed by atoms with Crippen molar-refractivity contribution in [3.63, 3.8) is 0 Å². The number of rotatable bonds is 9. The quantitative estimate of drug-likeness (QED) is 0.192. The van der Waals surface area contributed by atoms with Crippen LogP contribution < -0.4 is 15.5 Å². The van der Waals surface area contributed by atoms with Crippen LogP contribution in [0.25, 0.3) is 0 Å². The Morgan fingerprint density at radius 2 is 1.61 bits per heavy atom. The van der Waals surface area contributed by atoms with Crippen LogP contribution in [0.1, 0.15) is 40.5 Å². The van der Waals surface area contributed by atoms with Crippen LogP contribution in [0.15, 0.2) is 83.5 Å². The minimum atomic E-state index is -0.695. The van der Waals surface area contributed by atoms with E-state index < -0.39 is 23.7 Å². The number of carbonyl (C=O) groups is 4. The lowest BCUT2D eigenvalue weighted by Gasteiger charge is -2.16. The number of amides is 3. The van der Waals surface area contributed by atoms with Gasteiger partial charge in [-0.1, -0.05) is 54.7 Å². The molecule has 38 heavy (non-hydrogen) atoms. The monoisotopic (exact) mass is 551 g/mol. The third-order valence-corrected chi connectivity index (χ3v) is 6.29. The lowest BCUT2D eigenvalue weighted by molar-refractivity contribution is -0.120. The van der Waals surface area contributed by atoms with Crippen LogP contribution in [-0.4, -0.2) is 30.3 Å². The molecule has 1 heterocycles. The van der Waals surface area contributed by atoms with E-state index >= 15 is 0 Å². The molecule has 8 nitrogen and oxygen atoms in total. The minimum absolute atomic E-state index is 0.101. The van der Waals surface area contributed by atoms with Gasteiger partial charge in [-0.15, -0.1) is 0 Å². The van der Waals surface area contributed by atoms with Crippen LogP contribution in [0.3, 0.4) is 0 Å². The zero-order valence-electron chi connectivity index (χ0n) is 20.3. The first-order valence-corrected chi connectivity index (χ1v) is 12.5. The first-order chi connectivity index (χ1) is 18.3. The number of unbranched alkanes of at least 4 members (excludes halogenated alkanes) is 1. The summed E-state index contributed by atoms with van der Waals surface area (Å²) >= 11 is 12.3. The number of esters is 1. The third-order valence-electron chi connectivity index (χ3n) is 5.62.